The van der Waals surface area contributed by atoms with Gasteiger partial charge in [-0.2, -0.15) is 0 Å². The quantitative estimate of drug-likeness (QED) is 0.704. The molecular weight excluding hydrogens is 292 g/mol. The molecule has 114 valence electrons. The Hall–Kier alpha value is -1.09. The van der Waals surface area contributed by atoms with Gasteiger partial charge in [-0.15, -0.1) is 0 Å². The number of benzene rings is 1. The molecule has 0 heterocycles. The fraction of sp³-hybridized carbons (Fsp3) is 0.500. The third-order valence-corrected chi connectivity index (χ3v) is 4.24. The van der Waals surface area contributed by atoms with Crippen LogP contribution in [-0.2, 0) is 21.4 Å². The van der Waals surface area contributed by atoms with Crippen LogP contribution in [-0.4, -0.2) is 39.7 Å². The number of rotatable bonds is 8. The zero-order valence-electron chi connectivity index (χ0n) is 11.0. The van der Waals surface area contributed by atoms with E-state index in [2.05, 4.69) is 9.46 Å². The van der Waals surface area contributed by atoms with Gasteiger partial charge in [0.2, 0.25) is 10.0 Å². The lowest BCUT2D eigenvalue weighted by Crippen LogP contribution is -2.28. The number of aliphatic hydroxyl groups excluding tert-OH is 1. The monoisotopic (exact) mass is 309 g/mol. The zero-order valence-corrected chi connectivity index (χ0v) is 11.8. The molecule has 0 aliphatic heterocycles. The lowest BCUT2D eigenvalue weighted by Gasteiger charge is -2.11. The minimum Gasteiger partial charge on any atom is -0.392 e. The topological polar surface area (TPSA) is 75.6 Å². The van der Waals surface area contributed by atoms with E-state index in [1.54, 1.807) is 13.0 Å². The first-order valence-electron chi connectivity index (χ1n) is 5.93. The minimum atomic E-state index is -3.75. The van der Waals surface area contributed by atoms with E-state index in [1.807, 2.05) is 0 Å². The van der Waals surface area contributed by atoms with Crippen molar-refractivity contribution in [3.8, 4) is 0 Å². The van der Waals surface area contributed by atoms with Gasteiger partial charge in [-0.25, -0.2) is 21.9 Å². The molecule has 8 heteroatoms. The number of halogens is 2. The van der Waals surface area contributed by atoms with Gasteiger partial charge in [-0.05, 0) is 24.1 Å². The van der Waals surface area contributed by atoms with Crippen molar-refractivity contribution in [3.05, 3.63) is 29.3 Å². The van der Waals surface area contributed by atoms with E-state index in [0.717, 1.165) is 0 Å². The second-order valence-corrected chi connectivity index (χ2v) is 5.80. The highest BCUT2D eigenvalue weighted by Crippen LogP contribution is 2.18. The standard InChI is InChI=1S/C12H17F2NO4S/c1-9-10(7-16)3-2-4-11(9)20(17,18)15-5-6-19-8-12(13)14/h2-4,12,15-16H,5-8H2,1H3. The largest absolute Gasteiger partial charge is 0.392 e. The van der Waals surface area contributed by atoms with Crippen molar-refractivity contribution in [2.75, 3.05) is 19.8 Å². The second-order valence-electron chi connectivity index (χ2n) is 4.06. The Kier molecular flexibility index (Phi) is 6.47. The predicted octanol–water partition coefficient (Wildman–Crippen LogP) is 1.05. The number of nitrogens with one attached hydrogen (secondary N) is 1. The fourth-order valence-corrected chi connectivity index (χ4v) is 2.92. The van der Waals surface area contributed by atoms with Crippen molar-refractivity contribution in [2.24, 2.45) is 0 Å². The molecule has 0 atom stereocenters. The van der Waals surface area contributed by atoms with Gasteiger partial charge in [0.1, 0.15) is 6.61 Å². The summed E-state index contributed by atoms with van der Waals surface area (Å²) in [5, 5.41) is 9.10. The Morgan fingerprint density at radius 2 is 2.10 bits per heavy atom. The zero-order chi connectivity index (χ0) is 15.2. The summed E-state index contributed by atoms with van der Waals surface area (Å²) in [6.45, 7) is 0.376. The van der Waals surface area contributed by atoms with Gasteiger partial charge < -0.3 is 9.84 Å². The molecular formula is C12H17F2NO4S. The SMILES string of the molecule is Cc1c(CO)cccc1S(=O)(=O)NCCOCC(F)F. The van der Waals surface area contributed by atoms with Crippen molar-refractivity contribution >= 4 is 10.0 Å². The number of ether oxygens (including phenoxy) is 1. The summed E-state index contributed by atoms with van der Waals surface area (Å²) in [7, 11) is -3.75. The number of sulfonamides is 1. The molecule has 0 amide bonds. The first-order valence-corrected chi connectivity index (χ1v) is 7.41. The van der Waals surface area contributed by atoms with Gasteiger partial charge in [0.05, 0.1) is 18.1 Å². The molecule has 20 heavy (non-hydrogen) atoms. The summed E-state index contributed by atoms with van der Waals surface area (Å²) in [5.41, 5.74) is 0.970. The summed E-state index contributed by atoms with van der Waals surface area (Å²) in [4.78, 5) is 0.0536. The van der Waals surface area contributed by atoms with E-state index in [9.17, 15) is 17.2 Å². The molecule has 0 saturated carbocycles. The summed E-state index contributed by atoms with van der Waals surface area (Å²) < 4.78 is 54.5. The molecule has 1 rings (SSSR count). The van der Waals surface area contributed by atoms with E-state index in [1.165, 1.54) is 12.1 Å². The van der Waals surface area contributed by atoms with Gasteiger partial charge in [-0.1, -0.05) is 12.1 Å². The summed E-state index contributed by atoms with van der Waals surface area (Å²) >= 11 is 0. The predicted molar refractivity (Wildman–Crippen MR) is 69.1 cm³/mol. The van der Waals surface area contributed by atoms with Crippen molar-refractivity contribution < 1.29 is 27.0 Å². The van der Waals surface area contributed by atoms with Crippen LogP contribution in [0.3, 0.4) is 0 Å². The smallest absolute Gasteiger partial charge is 0.261 e. The van der Waals surface area contributed by atoms with Crippen LogP contribution in [0, 0.1) is 6.92 Å². The maximum Gasteiger partial charge on any atom is 0.261 e. The molecule has 0 spiro atoms. The van der Waals surface area contributed by atoms with Crippen molar-refractivity contribution in [3.63, 3.8) is 0 Å². The van der Waals surface area contributed by atoms with Crippen LogP contribution in [0.2, 0.25) is 0 Å². The average Bonchev–Trinajstić information content (AvgIpc) is 2.38. The average molecular weight is 309 g/mol. The Morgan fingerprint density at radius 3 is 2.70 bits per heavy atom. The van der Waals surface area contributed by atoms with Crippen molar-refractivity contribution in [1.29, 1.82) is 0 Å². The number of hydrogen-bond acceptors (Lipinski definition) is 4. The van der Waals surface area contributed by atoms with E-state index >= 15 is 0 Å². The first-order chi connectivity index (χ1) is 9.38. The maximum atomic E-state index is 12.0. The van der Waals surface area contributed by atoms with Crippen LogP contribution < -0.4 is 4.72 Å². The van der Waals surface area contributed by atoms with Gasteiger partial charge >= 0.3 is 0 Å². The molecule has 5 nitrogen and oxygen atoms in total. The molecule has 0 radical (unpaired) electrons. The van der Waals surface area contributed by atoms with Gasteiger partial charge in [0.15, 0.2) is 0 Å². The molecule has 0 bridgehead atoms. The lowest BCUT2D eigenvalue weighted by molar-refractivity contribution is 0.0199. The maximum absolute atomic E-state index is 12.0. The summed E-state index contributed by atoms with van der Waals surface area (Å²) in [6.07, 6.45) is -2.57. The van der Waals surface area contributed by atoms with Crippen molar-refractivity contribution in [2.45, 2.75) is 24.9 Å². The van der Waals surface area contributed by atoms with E-state index < -0.39 is 23.1 Å². The van der Waals surface area contributed by atoms with Crippen LogP contribution in [0.25, 0.3) is 0 Å². The third-order valence-electron chi connectivity index (χ3n) is 2.64. The van der Waals surface area contributed by atoms with E-state index in [4.69, 9.17) is 5.11 Å². The third kappa shape index (κ3) is 4.78. The highest BCUT2D eigenvalue weighted by Gasteiger charge is 2.17. The number of aliphatic hydroxyl groups is 1. The molecule has 0 saturated heterocycles. The van der Waals surface area contributed by atoms with Crippen LogP contribution in [0.1, 0.15) is 11.1 Å². The normalized spacial score (nSPS) is 12.1. The molecule has 0 aliphatic carbocycles. The van der Waals surface area contributed by atoms with E-state index in [-0.39, 0.29) is 24.7 Å². The first kappa shape index (κ1) is 17.0. The van der Waals surface area contributed by atoms with Crippen LogP contribution in [0.5, 0.6) is 0 Å². The Morgan fingerprint density at radius 1 is 1.40 bits per heavy atom. The Balaban J connectivity index is 2.65. The number of alkyl halides is 2. The molecule has 0 unspecified atom stereocenters. The summed E-state index contributed by atoms with van der Waals surface area (Å²) in [5.74, 6) is 0. The molecule has 0 aromatic heterocycles. The lowest BCUT2D eigenvalue weighted by atomic mass is 10.1. The second kappa shape index (κ2) is 7.63. The molecule has 0 aliphatic rings. The Labute approximate surface area is 116 Å². The van der Waals surface area contributed by atoms with Gasteiger partial charge in [-0.3, -0.25) is 0 Å². The molecule has 2 N–H and O–H groups in total. The molecule has 0 fully saturated rings. The minimum absolute atomic E-state index is 0.0536. The van der Waals surface area contributed by atoms with E-state index in [0.29, 0.717) is 11.1 Å². The highest BCUT2D eigenvalue weighted by molar-refractivity contribution is 7.89. The van der Waals surface area contributed by atoms with Crippen LogP contribution in [0.4, 0.5) is 8.78 Å². The fourth-order valence-electron chi connectivity index (χ4n) is 1.62. The highest BCUT2D eigenvalue weighted by atomic mass is 32.2. The molecule has 1 aromatic rings. The van der Waals surface area contributed by atoms with Crippen LogP contribution in [0.15, 0.2) is 23.1 Å². The Bertz CT molecular complexity index is 534. The number of hydrogen-bond donors (Lipinski definition) is 2. The van der Waals surface area contributed by atoms with Gasteiger partial charge in [0.25, 0.3) is 6.43 Å². The van der Waals surface area contributed by atoms with Crippen molar-refractivity contribution in [1.82, 2.24) is 4.72 Å². The van der Waals surface area contributed by atoms with Gasteiger partial charge in [0, 0.05) is 6.54 Å². The molecule has 1 aromatic carbocycles. The van der Waals surface area contributed by atoms with Crippen LogP contribution >= 0.6 is 0 Å². The summed E-state index contributed by atoms with van der Waals surface area (Å²) in [6, 6.07) is 4.57.